The zero-order valence-electron chi connectivity index (χ0n) is 6.33. The summed E-state index contributed by atoms with van der Waals surface area (Å²) in [5.74, 6) is 0. The molecule has 0 aromatic heterocycles. The molecule has 1 heterocycles. The van der Waals surface area contributed by atoms with Crippen molar-refractivity contribution in [3.63, 3.8) is 0 Å². The number of nitrogens with zero attached hydrogens (tertiary/aromatic N) is 1. The molecule has 12 heavy (non-hydrogen) atoms. The molecule has 0 saturated carbocycles. The molecule has 2 nitrogen and oxygen atoms in total. The molecule has 1 aliphatic rings. The minimum absolute atomic E-state index is 0.448. The summed E-state index contributed by atoms with van der Waals surface area (Å²) in [6.07, 6.45) is 3.83. The molecule has 0 fully saturated rings. The molecule has 62 valence electrons. The third kappa shape index (κ3) is 1.26. The third-order valence-electron chi connectivity index (χ3n) is 1.83. The minimum atomic E-state index is 0.448. The first-order chi connectivity index (χ1) is 5.77. The molecule has 0 bridgehead atoms. The molecule has 0 saturated heterocycles. The Balaban J connectivity index is 2.56. The zero-order chi connectivity index (χ0) is 8.55. The quantitative estimate of drug-likeness (QED) is 0.678. The van der Waals surface area contributed by atoms with E-state index in [0.717, 1.165) is 20.8 Å². The first-order valence-electron chi connectivity index (χ1n) is 3.68. The van der Waals surface area contributed by atoms with Crippen molar-refractivity contribution in [3.8, 4) is 0 Å². The fourth-order valence-electron chi connectivity index (χ4n) is 1.25. The fourth-order valence-corrected chi connectivity index (χ4v) is 1.60. The van der Waals surface area contributed by atoms with Crippen molar-refractivity contribution in [1.29, 1.82) is 0 Å². The SMILES string of the molecule is [O-]N1CC=Cc2ccc(Br)cc21. The maximum absolute atomic E-state index is 11.3. The number of anilines is 1. The number of fused-ring (bicyclic) bond motifs is 1. The van der Waals surface area contributed by atoms with Gasteiger partial charge in [-0.1, -0.05) is 34.1 Å². The number of benzene rings is 1. The summed E-state index contributed by atoms with van der Waals surface area (Å²) in [5.41, 5.74) is 1.73. The van der Waals surface area contributed by atoms with Gasteiger partial charge in [0.25, 0.3) is 0 Å². The maximum Gasteiger partial charge on any atom is 0.0346 e. The Kier molecular flexibility index (Phi) is 1.90. The van der Waals surface area contributed by atoms with Crippen LogP contribution in [-0.4, -0.2) is 6.54 Å². The highest BCUT2D eigenvalue weighted by molar-refractivity contribution is 9.10. The first kappa shape index (κ1) is 7.83. The summed E-state index contributed by atoms with van der Waals surface area (Å²) in [5, 5.41) is 12.3. The molecule has 0 unspecified atom stereocenters. The van der Waals surface area contributed by atoms with Gasteiger partial charge in [0, 0.05) is 16.7 Å². The van der Waals surface area contributed by atoms with E-state index in [0.29, 0.717) is 6.54 Å². The topological polar surface area (TPSA) is 26.3 Å². The third-order valence-corrected chi connectivity index (χ3v) is 2.32. The van der Waals surface area contributed by atoms with E-state index < -0.39 is 0 Å². The zero-order valence-corrected chi connectivity index (χ0v) is 7.91. The van der Waals surface area contributed by atoms with Crippen LogP contribution in [0.3, 0.4) is 0 Å². The highest BCUT2D eigenvalue weighted by Gasteiger charge is 2.04. The van der Waals surface area contributed by atoms with E-state index >= 15 is 0 Å². The van der Waals surface area contributed by atoms with Gasteiger partial charge < -0.3 is 10.3 Å². The average molecular weight is 225 g/mol. The average Bonchev–Trinajstić information content (AvgIpc) is 2.07. The van der Waals surface area contributed by atoms with E-state index in [1.165, 1.54) is 0 Å². The summed E-state index contributed by atoms with van der Waals surface area (Å²) in [7, 11) is 0. The second-order valence-corrected chi connectivity index (χ2v) is 3.58. The lowest BCUT2D eigenvalue weighted by molar-refractivity contribution is 1.08. The number of rotatable bonds is 0. The largest absolute Gasteiger partial charge is 0.758 e. The Morgan fingerprint density at radius 3 is 3.08 bits per heavy atom. The lowest BCUT2D eigenvalue weighted by Crippen LogP contribution is -2.17. The lowest BCUT2D eigenvalue weighted by atomic mass is 10.1. The van der Waals surface area contributed by atoms with Crippen LogP contribution >= 0.6 is 15.9 Å². The van der Waals surface area contributed by atoms with Crippen LogP contribution in [0.5, 0.6) is 0 Å². The van der Waals surface area contributed by atoms with Gasteiger partial charge >= 0.3 is 0 Å². The van der Waals surface area contributed by atoms with E-state index in [4.69, 9.17) is 0 Å². The van der Waals surface area contributed by atoms with Crippen molar-refractivity contribution in [2.75, 3.05) is 11.6 Å². The summed E-state index contributed by atoms with van der Waals surface area (Å²) in [6, 6.07) is 5.70. The Morgan fingerprint density at radius 2 is 2.25 bits per heavy atom. The number of hydrogen-bond acceptors (Lipinski definition) is 2. The van der Waals surface area contributed by atoms with Crippen molar-refractivity contribution in [1.82, 2.24) is 0 Å². The summed E-state index contributed by atoms with van der Waals surface area (Å²) in [6.45, 7) is 0.448. The molecule has 0 amide bonds. The predicted molar refractivity (Wildman–Crippen MR) is 53.9 cm³/mol. The van der Waals surface area contributed by atoms with E-state index in [1.54, 1.807) is 0 Å². The van der Waals surface area contributed by atoms with E-state index in [9.17, 15) is 5.21 Å². The van der Waals surface area contributed by atoms with Gasteiger partial charge in [-0.3, -0.25) is 0 Å². The first-order valence-corrected chi connectivity index (χ1v) is 4.47. The number of hydroxylamine groups is 1. The second-order valence-electron chi connectivity index (χ2n) is 2.67. The lowest BCUT2D eigenvalue weighted by Gasteiger charge is -2.33. The Labute approximate surface area is 79.2 Å². The molecular formula is C9H7BrNO-. The maximum atomic E-state index is 11.3. The van der Waals surface area contributed by atoms with Crippen molar-refractivity contribution in [2.24, 2.45) is 0 Å². The van der Waals surface area contributed by atoms with Gasteiger partial charge in [-0.25, -0.2) is 0 Å². The molecule has 3 heteroatoms. The minimum Gasteiger partial charge on any atom is -0.758 e. The fraction of sp³-hybridized carbons (Fsp3) is 0.111. The van der Waals surface area contributed by atoms with E-state index in [2.05, 4.69) is 15.9 Å². The van der Waals surface area contributed by atoms with Crippen LogP contribution in [0.15, 0.2) is 28.7 Å². The van der Waals surface area contributed by atoms with E-state index in [1.807, 2.05) is 30.4 Å². The highest BCUT2D eigenvalue weighted by atomic mass is 79.9. The second kappa shape index (κ2) is 2.92. The van der Waals surface area contributed by atoms with Crippen LogP contribution in [0.25, 0.3) is 6.08 Å². The van der Waals surface area contributed by atoms with Gasteiger partial charge in [0.15, 0.2) is 0 Å². The van der Waals surface area contributed by atoms with Gasteiger partial charge in [0.05, 0.1) is 0 Å². The van der Waals surface area contributed by atoms with Crippen LogP contribution in [-0.2, 0) is 0 Å². The number of halogens is 1. The smallest absolute Gasteiger partial charge is 0.0346 e. The van der Waals surface area contributed by atoms with Crippen LogP contribution in [0.1, 0.15) is 5.56 Å². The van der Waals surface area contributed by atoms with Crippen LogP contribution < -0.4 is 5.06 Å². The van der Waals surface area contributed by atoms with Crippen LogP contribution in [0.2, 0.25) is 0 Å². The molecule has 0 spiro atoms. The van der Waals surface area contributed by atoms with Gasteiger partial charge in [-0.05, 0) is 17.7 Å². The Morgan fingerprint density at radius 1 is 1.42 bits per heavy atom. The van der Waals surface area contributed by atoms with Gasteiger partial charge in [0.2, 0.25) is 0 Å². The molecule has 1 aromatic carbocycles. The van der Waals surface area contributed by atoms with Crippen LogP contribution in [0.4, 0.5) is 5.69 Å². The Bertz CT molecular complexity index is 335. The van der Waals surface area contributed by atoms with Gasteiger partial charge in [-0.2, -0.15) is 0 Å². The molecule has 0 N–H and O–H groups in total. The molecular weight excluding hydrogens is 218 g/mol. The van der Waals surface area contributed by atoms with Crippen molar-refractivity contribution in [2.45, 2.75) is 0 Å². The van der Waals surface area contributed by atoms with Gasteiger partial charge in [-0.15, -0.1) is 0 Å². The molecule has 2 rings (SSSR count). The molecule has 0 aliphatic carbocycles. The highest BCUT2D eigenvalue weighted by Crippen LogP contribution is 2.28. The molecule has 1 aromatic rings. The standard InChI is InChI=1S/C9H7BrNO/c10-8-4-3-7-2-1-5-11(12)9(7)6-8/h1-4,6H,5H2/q-1. The summed E-state index contributed by atoms with van der Waals surface area (Å²) >= 11 is 3.33. The normalized spacial score (nSPS) is 14.7. The van der Waals surface area contributed by atoms with Gasteiger partial charge in [0.1, 0.15) is 0 Å². The number of hydrogen-bond donors (Lipinski definition) is 0. The summed E-state index contributed by atoms with van der Waals surface area (Å²) in [4.78, 5) is 0. The van der Waals surface area contributed by atoms with Crippen LogP contribution in [0, 0.1) is 5.21 Å². The molecule has 0 radical (unpaired) electrons. The summed E-state index contributed by atoms with van der Waals surface area (Å²) < 4.78 is 0.942. The van der Waals surface area contributed by atoms with Crippen molar-refractivity contribution < 1.29 is 0 Å². The molecule has 1 aliphatic heterocycles. The predicted octanol–water partition coefficient (Wildman–Crippen LogP) is 2.78. The Hall–Kier alpha value is -0.800. The van der Waals surface area contributed by atoms with Crippen molar-refractivity contribution in [3.05, 3.63) is 39.5 Å². The van der Waals surface area contributed by atoms with E-state index in [-0.39, 0.29) is 0 Å². The monoisotopic (exact) mass is 224 g/mol. The van der Waals surface area contributed by atoms with Crippen molar-refractivity contribution >= 4 is 27.7 Å². The molecule has 0 atom stereocenters.